The molecule has 0 spiro atoms. The number of benzene rings is 3. The minimum absolute atomic E-state index is 0.0770. The predicted molar refractivity (Wildman–Crippen MR) is 127 cm³/mol. The van der Waals surface area contributed by atoms with E-state index in [2.05, 4.69) is 26.5 Å². The number of hydrazone groups is 1. The number of hydrogen-bond acceptors (Lipinski definition) is 5. The van der Waals surface area contributed by atoms with Crippen LogP contribution in [0.2, 0.25) is 0 Å². The van der Waals surface area contributed by atoms with Gasteiger partial charge in [0.05, 0.1) is 11.1 Å². The van der Waals surface area contributed by atoms with Crippen molar-refractivity contribution >= 4 is 48.8 Å². The third kappa shape index (κ3) is 4.69. The Balaban J connectivity index is 1.37. The summed E-state index contributed by atoms with van der Waals surface area (Å²) in [5.41, 5.74) is 3.06. The summed E-state index contributed by atoms with van der Waals surface area (Å²) < 4.78 is 27.8. The van der Waals surface area contributed by atoms with Crippen LogP contribution in [-0.2, 0) is 14.8 Å². The summed E-state index contributed by atoms with van der Waals surface area (Å²) in [7, 11) is -3.58. The van der Waals surface area contributed by atoms with E-state index in [0.29, 0.717) is 18.4 Å². The molecule has 1 aliphatic rings. The summed E-state index contributed by atoms with van der Waals surface area (Å²) in [5, 5.41) is 16.0. The zero-order valence-electron chi connectivity index (χ0n) is 17.1. The van der Waals surface area contributed by atoms with Crippen LogP contribution in [0, 0.1) is 5.92 Å². The van der Waals surface area contributed by atoms with E-state index < -0.39 is 10.0 Å². The number of piperidine rings is 1. The summed E-state index contributed by atoms with van der Waals surface area (Å²) in [6, 6.07) is 17.5. The van der Waals surface area contributed by atoms with Gasteiger partial charge in [-0.1, -0.05) is 46.3 Å². The Labute approximate surface area is 194 Å². The minimum Gasteiger partial charge on any atom is -0.507 e. The molecule has 4 rings (SSSR count). The molecule has 3 aromatic carbocycles. The number of amides is 1. The number of fused-ring (bicyclic) bond motifs is 1. The average Bonchev–Trinajstić information content (AvgIpc) is 2.81. The Hall–Kier alpha value is -2.75. The van der Waals surface area contributed by atoms with Crippen molar-refractivity contribution in [3.8, 4) is 5.75 Å². The van der Waals surface area contributed by atoms with E-state index in [1.165, 1.54) is 10.5 Å². The topological polar surface area (TPSA) is 99.1 Å². The lowest BCUT2D eigenvalue weighted by Crippen LogP contribution is -2.42. The second kappa shape index (κ2) is 9.40. The van der Waals surface area contributed by atoms with Crippen LogP contribution in [0.3, 0.4) is 0 Å². The fraction of sp³-hybridized carbons (Fsp3) is 0.217. The van der Waals surface area contributed by atoms with Crippen LogP contribution < -0.4 is 5.43 Å². The Morgan fingerprint density at radius 1 is 1.06 bits per heavy atom. The molecule has 0 saturated carbocycles. The first-order valence-corrected chi connectivity index (χ1v) is 12.4. The van der Waals surface area contributed by atoms with Gasteiger partial charge in [0.1, 0.15) is 5.75 Å². The smallest absolute Gasteiger partial charge is 0.243 e. The van der Waals surface area contributed by atoms with Crippen LogP contribution in [0.1, 0.15) is 18.4 Å². The van der Waals surface area contributed by atoms with E-state index in [4.69, 9.17) is 0 Å². The number of sulfonamides is 1. The van der Waals surface area contributed by atoms with Crippen molar-refractivity contribution in [3.05, 3.63) is 70.7 Å². The van der Waals surface area contributed by atoms with Crippen LogP contribution >= 0.6 is 15.9 Å². The monoisotopic (exact) mass is 515 g/mol. The fourth-order valence-electron chi connectivity index (χ4n) is 3.79. The van der Waals surface area contributed by atoms with Crippen LogP contribution in [0.5, 0.6) is 5.75 Å². The maximum absolute atomic E-state index is 12.8. The zero-order chi connectivity index (χ0) is 22.7. The van der Waals surface area contributed by atoms with Crippen molar-refractivity contribution in [1.82, 2.24) is 9.73 Å². The molecule has 1 heterocycles. The molecule has 0 bridgehead atoms. The first-order chi connectivity index (χ1) is 15.4. The molecule has 1 saturated heterocycles. The quantitative estimate of drug-likeness (QED) is 0.398. The summed E-state index contributed by atoms with van der Waals surface area (Å²) in [4.78, 5) is 12.8. The van der Waals surface area contributed by atoms with Crippen LogP contribution in [0.4, 0.5) is 0 Å². The predicted octanol–water partition coefficient (Wildman–Crippen LogP) is 3.86. The number of phenolic OH excluding ortho intramolecular Hbond substituents is 1. The lowest BCUT2D eigenvalue weighted by Gasteiger charge is -2.30. The molecule has 1 amide bonds. The normalized spacial score (nSPS) is 15.9. The molecule has 0 radical (unpaired) electrons. The highest BCUT2D eigenvalue weighted by molar-refractivity contribution is 9.10. The van der Waals surface area contributed by atoms with Gasteiger partial charge < -0.3 is 5.11 Å². The van der Waals surface area contributed by atoms with Gasteiger partial charge in [0.25, 0.3) is 0 Å². The van der Waals surface area contributed by atoms with Crippen molar-refractivity contribution in [3.63, 3.8) is 0 Å². The molecule has 0 atom stereocenters. The van der Waals surface area contributed by atoms with Crippen molar-refractivity contribution in [2.24, 2.45) is 11.0 Å². The molecule has 9 heteroatoms. The minimum atomic E-state index is -3.58. The van der Waals surface area contributed by atoms with Gasteiger partial charge in [0.2, 0.25) is 15.9 Å². The van der Waals surface area contributed by atoms with E-state index in [-0.39, 0.29) is 35.6 Å². The summed E-state index contributed by atoms with van der Waals surface area (Å²) in [6.07, 6.45) is 2.26. The molecular weight excluding hydrogens is 494 g/mol. The van der Waals surface area contributed by atoms with E-state index in [0.717, 1.165) is 15.2 Å². The van der Waals surface area contributed by atoms with Gasteiger partial charge in [-0.05, 0) is 53.9 Å². The van der Waals surface area contributed by atoms with Crippen molar-refractivity contribution in [1.29, 1.82) is 0 Å². The molecule has 3 aromatic rings. The number of hydrogen-bond donors (Lipinski definition) is 2. The lowest BCUT2D eigenvalue weighted by atomic mass is 9.98. The fourth-order valence-corrected chi connectivity index (χ4v) is 5.52. The summed E-state index contributed by atoms with van der Waals surface area (Å²) in [5.74, 6) is -0.514. The van der Waals surface area contributed by atoms with Gasteiger partial charge in [-0.3, -0.25) is 4.79 Å². The molecule has 1 aliphatic heterocycles. The molecule has 0 aliphatic carbocycles. The van der Waals surface area contributed by atoms with Crippen LogP contribution in [0.15, 0.2) is 75.1 Å². The molecule has 1 fully saturated rings. The maximum Gasteiger partial charge on any atom is 0.243 e. The molecular formula is C23H22BrN3O4S. The molecule has 0 aromatic heterocycles. The highest BCUT2D eigenvalue weighted by Crippen LogP contribution is 2.26. The number of rotatable bonds is 5. The van der Waals surface area contributed by atoms with Gasteiger partial charge in [-0.15, -0.1) is 0 Å². The first kappa shape index (κ1) is 22.4. The molecule has 32 heavy (non-hydrogen) atoms. The van der Waals surface area contributed by atoms with Gasteiger partial charge in [-0.2, -0.15) is 9.41 Å². The number of phenols is 1. The van der Waals surface area contributed by atoms with E-state index in [9.17, 15) is 18.3 Å². The average molecular weight is 516 g/mol. The largest absolute Gasteiger partial charge is 0.507 e. The number of aromatic hydroxyl groups is 1. The van der Waals surface area contributed by atoms with Crippen LogP contribution in [-0.4, -0.2) is 43.0 Å². The van der Waals surface area contributed by atoms with E-state index in [1.54, 1.807) is 30.3 Å². The Bertz CT molecular complexity index is 1270. The van der Waals surface area contributed by atoms with Gasteiger partial charge in [-0.25, -0.2) is 13.8 Å². The van der Waals surface area contributed by atoms with Crippen molar-refractivity contribution in [2.45, 2.75) is 17.7 Å². The Morgan fingerprint density at radius 2 is 1.75 bits per heavy atom. The van der Waals surface area contributed by atoms with Gasteiger partial charge >= 0.3 is 0 Å². The second-order valence-corrected chi connectivity index (χ2v) is 10.4. The maximum atomic E-state index is 12.8. The van der Waals surface area contributed by atoms with Crippen molar-refractivity contribution < 1.29 is 18.3 Å². The highest BCUT2D eigenvalue weighted by atomic mass is 79.9. The standard InChI is InChI=1S/C23H22BrN3O4S/c24-18-6-8-19(9-7-18)32(30,31)27-13-11-17(12-14-27)23(29)26-25-15-21-20-4-2-1-3-16(20)5-10-22(21)28/h1-10,15,17,28H,11-14H2,(H,26,29)/b25-15-. The number of halogens is 1. The van der Waals surface area contributed by atoms with Gasteiger partial charge in [0, 0.05) is 29.0 Å². The first-order valence-electron chi connectivity index (χ1n) is 10.2. The number of nitrogens with zero attached hydrogens (tertiary/aromatic N) is 2. The van der Waals surface area contributed by atoms with E-state index >= 15 is 0 Å². The SMILES string of the molecule is O=C(N/N=C\c1c(O)ccc2ccccc12)C1CCN(S(=O)(=O)c2ccc(Br)cc2)CC1. The Morgan fingerprint density at radius 3 is 2.47 bits per heavy atom. The van der Waals surface area contributed by atoms with Gasteiger partial charge in [0.15, 0.2) is 0 Å². The molecule has 7 nitrogen and oxygen atoms in total. The number of nitrogens with one attached hydrogen (secondary N) is 1. The lowest BCUT2D eigenvalue weighted by molar-refractivity contribution is -0.126. The molecule has 166 valence electrons. The van der Waals surface area contributed by atoms with Crippen LogP contribution in [0.25, 0.3) is 10.8 Å². The summed E-state index contributed by atoms with van der Waals surface area (Å²) in [6.45, 7) is 0.536. The third-order valence-corrected chi connectivity index (χ3v) is 8.03. The number of carbonyl (C=O) groups excluding carboxylic acids is 1. The molecule has 0 unspecified atom stereocenters. The highest BCUT2D eigenvalue weighted by Gasteiger charge is 2.32. The van der Waals surface area contributed by atoms with E-state index in [1.807, 2.05) is 30.3 Å². The zero-order valence-corrected chi connectivity index (χ0v) is 19.5. The number of carbonyl (C=O) groups is 1. The Kier molecular flexibility index (Phi) is 6.59. The summed E-state index contributed by atoms with van der Waals surface area (Å²) >= 11 is 3.30. The molecule has 2 N–H and O–H groups in total. The second-order valence-electron chi connectivity index (χ2n) is 7.59. The van der Waals surface area contributed by atoms with Crippen molar-refractivity contribution in [2.75, 3.05) is 13.1 Å². The third-order valence-electron chi connectivity index (χ3n) is 5.59.